The first-order chi connectivity index (χ1) is 7.61. The summed E-state index contributed by atoms with van der Waals surface area (Å²) in [5.74, 6) is -1.65. The number of nitriles is 1. The van der Waals surface area contributed by atoms with E-state index in [-0.39, 0.29) is 11.3 Å². The molecule has 0 aliphatic heterocycles. The summed E-state index contributed by atoms with van der Waals surface area (Å²) in [5, 5.41) is 12.3. The van der Waals surface area contributed by atoms with Crippen molar-refractivity contribution in [2.45, 2.75) is 0 Å². The monoisotopic (exact) mass is 283 g/mol. The molecule has 16 heavy (non-hydrogen) atoms. The maximum atomic E-state index is 13.5. The molecule has 0 unspecified atom stereocenters. The highest BCUT2D eigenvalue weighted by Gasteiger charge is 2.13. The summed E-state index contributed by atoms with van der Waals surface area (Å²) in [6, 6.07) is 3.61. The lowest BCUT2D eigenvalue weighted by Gasteiger charge is -2.04. The molecule has 0 radical (unpaired) electrons. The number of nitrogens with zero attached hydrogens (tertiary/aromatic N) is 3. The molecule has 1 aromatic heterocycles. The molecule has 3 nitrogen and oxygen atoms in total. The zero-order chi connectivity index (χ0) is 11.7. The predicted octanol–water partition coefficient (Wildman–Crippen LogP) is 2.78. The molecule has 0 spiro atoms. The Kier molecular flexibility index (Phi) is 2.71. The average Bonchev–Trinajstić information content (AvgIpc) is 2.63. The van der Waals surface area contributed by atoms with E-state index < -0.39 is 11.6 Å². The van der Waals surface area contributed by atoms with Crippen LogP contribution in [0.25, 0.3) is 5.69 Å². The maximum Gasteiger partial charge on any atom is 0.153 e. The van der Waals surface area contributed by atoms with E-state index in [1.165, 1.54) is 12.4 Å². The standard InChI is InChI=1S/C10H4BrF2N3/c11-7-4-15-16(5-7)10-8(12)1-6(3-14)2-9(10)13/h1-2,4-5H. The Bertz CT molecular complexity index is 563. The zero-order valence-corrected chi connectivity index (χ0v) is 9.37. The van der Waals surface area contributed by atoms with Crippen molar-refractivity contribution in [1.29, 1.82) is 5.26 Å². The number of hydrogen-bond donors (Lipinski definition) is 0. The largest absolute Gasteiger partial charge is 0.234 e. The van der Waals surface area contributed by atoms with Gasteiger partial charge >= 0.3 is 0 Å². The lowest BCUT2D eigenvalue weighted by molar-refractivity contribution is 0.559. The second kappa shape index (κ2) is 4.02. The molecule has 2 rings (SSSR count). The van der Waals surface area contributed by atoms with E-state index in [9.17, 15) is 8.78 Å². The summed E-state index contributed by atoms with van der Waals surface area (Å²) in [4.78, 5) is 0. The van der Waals surface area contributed by atoms with E-state index in [4.69, 9.17) is 5.26 Å². The third-order valence-electron chi connectivity index (χ3n) is 1.93. The van der Waals surface area contributed by atoms with Gasteiger partial charge in [0.1, 0.15) is 5.69 Å². The molecule has 0 fully saturated rings. The van der Waals surface area contributed by atoms with Crippen LogP contribution in [-0.4, -0.2) is 9.78 Å². The fourth-order valence-corrected chi connectivity index (χ4v) is 1.56. The summed E-state index contributed by atoms with van der Waals surface area (Å²) in [6.45, 7) is 0. The molecule has 1 aromatic carbocycles. The molecule has 0 atom stereocenters. The van der Waals surface area contributed by atoms with Crippen LogP contribution in [0.2, 0.25) is 0 Å². The molecule has 0 N–H and O–H groups in total. The first-order valence-corrected chi connectivity index (χ1v) is 5.01. The van der Waals surface area contributed by atoms with Gasteiger partial charge in [-0.15, -0.1) is 0 Å². The summed E-state index contributed by atoms with van der Waals surface area (Å²) >= 11 is 3.13. The van der Waals surface area contributed by atoms with Gasteiger partial charge in [-0.25, -0.2) is 13.5 Å². The molecule has 80 valence electrons. The minimum Gasteiger partial charge on any atom is -0.234 e. The summed E-state index contributed by atoms with van der Waals surface area (Å²) in [5.41, 5.74) is -0.366. The highest BCUT2D eigenvalue weighted by atomic mass is 79.9. The van der Waals surface area contributed by atoms with Gasteiger partial charge in [0.15, 0.2) is 11.6 Å². The van der Waals surface area contributed by atoms with Crippen LogP contribution in [0.5, 0.6) is 0 Å². The Morgan fingerprint density at radius 1 is 1.31 bits per heavy atom. The van der Waals surface area contributed by atoms with E-state index in [0.29, 0.717) is 4.47 Å². The molecule has 0 saturated heterocycles. The molecule has 0 aliphatic rings. The van der Waals surface area contributed by atoms with Crippen molar-refractivity contribution in [3.8, 4) is 11.8 Å². The number of aromatic nitrogens is 2. The summed E-state index contributed by atoms with van der Waals surface area (Å²) < 4.78 is 28.7. The molecular formula is C10H4BrF2N3. The van der Waals surface area contributed by atoms with Gasteiger partial charge in [-0.3, -0.25) is 0 Å². The van der Waals surface area contributed by atoms with Crippen molar-refractivity contribution in [1.82, 2.24) is 9.78 Å². The lowest BCUT2D eigenvalue weighted by Crippen LogP contribution is -2.02. The van der Waals surface area contributed by atoms with Gasteiger partial charge in [-0.05, 0) is 28.1 Å². The maximum absolute atomic E-state index is 13.5. The van der Waals surface area contributed by atoms with Gasteiger partial charge in [0.2, 0.25) is 0 Å². The number of rotatable bonds is 1. The molecule has 0 saturated carbocycles. The van der Waals surface area contributed by atoms with Gasteiger partial charge in [0, 0.05) is 6.20 Å². The van der Waals surface area contributed by atoms with Crippen molar-refractivity contribution < 1.29 is 8.78 Å². The number of hydrogen-bond acceptors (Lipinski definition) is 2. The fraction of sp³-hybridized carbons (Fsp3) is 0. The smallest absolute Gasteiger partial charge is 0.153 e. The first kappa shape index (κ1) is 10.8. The van der Waals surface area contributed by atoms with Crippen molar-refractivity contribution in [3.63, 3.8) is 0 Å². The average molecular weight is 284 g/mol. The molecule has 0 aliphatic carbocycles. The molecule has 0 bridgehead atoms. The van der Waals surface area contributed by atoms with Gasteiger partial charge < -0.3 is 0 Å². The third-order valence-corrected chi connectivity index (χ3v) is 2.34. The van der Waals surface area contributed by atoms with Crippen LogP contribution >= 0.6 is 15.9 Å². The minimum atomic E-state index is -0.827. The molecule has 2 aromatic rings. The Hall–Kier alpha value is -1.74. The van der Waals surface area contributed by atoms with Crippen LogP contribution in [0.1, 0.15) is 5.56 Å². The summed E-state index contributed by atoms with van der Waals surface area (Å²) in [7, 11) is 0. The Morgan fingerprint density at radius 2 is 1.94 bits per heavy atom. The third kappa shape index (κ3) is 1.82. The van der Waals surface area contributed by atoms with Gasteiger partial charge in [-0.2, -0.15) is 10.4 Å². The van der Waals surface area contributed by atoms with Gasteiger partial charge in [-0.1, -0.05) is 0 Å². The minimum absolute atomic E-state index is 0.0648. The first-order valence-electron chi connectivity index (χ1n) is 4.21. The number of benzene rings is 1. The van der Waals surface area contributed by atoms with E-state index in [2.05, 4.69) is 21.0 Å². The van der Waals surface area contributed by atoms with Crippen LogP contribution < -0.4 is 0 Å². The fourth-order valence-electron chi connectivity index (χ4n) is 1.27. The Morgan fingerprint density at radius 3 is 2.38 bits per heavy atom. The molecular weight excluding hydrogens is 280 g/mol. The Balaban J connectivity index is 2.63. The number of halogens is 3. The van der Waals surface area contributed by atoms with Crippen molar-refractivity contribution in [2.24, 2.45) is 0 Å². The normalized spacial score (nSPS) is 10.1. The lowest BCUT2D eigenvalue weighted by atomic mass is 10.2. The summed E-state index contributed by atoms with van der Waals surface area (Å²) in [6.07, 6.45) is 2.84. The van der Waals surface area contributed by atoms with Crippen LogP contribution in [0.4, 0.5) is 8.78 Å². The second-order valence-electron chi connectivity index (χ2n) is 3.00. The van der Waals surface area contributed by atoms with Crippen molar-refractivity contribution >= 4 is 15.9 Å². The highest BCUT2D eigenvalue weighted by molar-refractivity contribution is 9.10. The SMILES string of the molecule is N#Cc1cc(F)c(-n2cc(Br)cn2)c(F)c1. The van der Waals surface area contributed by atoms with Crippen LogP contribution in [-0.2, 0) is 0 Å². The van der Waals surface area contributed by atoms with Crippen LogP contribution in [0, 0.1) is 23.0 Å². The van der Waals surface area contributed by atoms with Gasteiger partial charge in [0.05, 0.1) is 22.3 Å². The van der Waals surface area contributed by atoms with Gasteiger partial charge in [0.25, 0.3) is 0 Å². The van der Waals surface area contributed by atoms with Crippen LogP contribution in [0.3, 0.4) is 0 Å². The van der Waals surface area contributed by atoms with E-state index in [1.807, 2.05) is 0 Å². The van der Waals surface area contributed by atoms with E-state index >= 15 is 0 Å². The molecule has 6 heteroatoms. The van der Waals surface area contributed by atoms with E-state index in [0.717, 1.165) is 16.8 Å². The van der Waals surface area contributed by atoms with Crippen molar-refractivity contribution in [2.75, 3.05) is 0 Å². The topological polar surface area (TPSA) is 41.6 Å². The quantitative estimate of drug-likeness (QED) is 0.808. The van der Waals surface area contributed by atoms with E-state index in [1.54, 1.807) is 6.07 Å². The highest BCUT2D eigenvalue weighted by Crippen LogP contribution is 2.20. The Labute approximate surface area is 98.1 Å². The van der Waals surface area contributed by atoms with Crippen molar-refractivity contribution in [3.05, 3.63) is 46.2 Å². The second-order valence-corrected chi connectivity index (χ2v) is 3.92. The van der Waals surface area contributed by atoms with Crippen LogP contribution in [0.15, 0.2) is 29.0 Å². The molecule has 0 amide bonds. The zero-order valence-electron chi connectivity index (χ0n) is 7.78. The predicted molar refractivity (Wildman–Crippen MR) is 55.9 cm³/mol. The molecule has 1 heterocycles.